The Bertz CT molecular complexity index is 677. The van der Waals surface area contributed by atoms with Gasteiger partial charge in [0, 0.05) is 25.4 Å². The van der Waals surface area contributed by atoms with Crippen LogP contribution in [0.15, 0.2) is 30.3 Å². The van der Waals surface area contributed by atoms with Gasteiger partial charge in [-0.25, -0.2) is 0 Å². The van der Waals surface area contributed by atoms with Gasteiger partial charge < -0.3 is 0 Å². The fourth-order valence-electron chi connectivity index (χ4n) is 1.55. The molecule has 0 unspecified atom stereocenters. The third-order valence-electron chi connectivity index (χ3n) is 2.59. The van der Waals surface area contributed by atoms with E-state index in [1.165, 1.54) is 14.1 Å². The van der Waals surface area contributed by atoms with E-state index in [0.29, 0.717) is 5.69 Å². The Morgan fingerprint density at radius 2 is 2.00 bits per heavy atom. The number of aromatic amines is 1. The van der Waals surface area contributed by atoms with E-state index in [0.717, 1.165) is 21.3 Å². The molecule has 2 aromatic rings. The highest BCUT2D eigenvalue weighted by Gasteiger charge is 2.13. The number of rotatable bonds is 4. The Hall–Kier alpha value is -1.86. The van der Waals surface area contributed by atoms with Gasteiger partial charge in [-0.05, 0) is 25.1 Å². The van der Waals surface area contributed by atoms with Gasteiger partial charge in [0.05, 0.1) is 11.4 Å². The first-order chi connectivity index (χ1) is 8.88. The van der Waals surface area contributed by atoms with Crippen LogP contribution in [-0.4, -0.2) is 37.0 Å². The van der Waals surface area contributed by atoms with Gasteiger partial charge >= 0.3 is 10.2 Å². The van der Waals surface area contributed by atoms with Gasteiger partial charge in [-0.1, -0.05) is 12.1 Å². The molecule has 0 saturated carbocycles. The van der Waals surface area contributed by atoms with Crippen molar-refractivity contribution in [3.8, 4) is 11.3 Å². The Morgan fingerprint density at radius 1 is 1.26 bits per heavy atom. The summed E-state index contributed by atoms with van der Waals surface area (Å²) in [5, 5.41) is 7.00. The van der Waals surface area contributed by atoms with Gasteiger partial charge in [-0.2, -0.15) is 17.8 Å². The second-order valence-electron chi connectivity index (χ2n) is 4.41. The summed E-state index contributed by atoms with van der Waals surface area (Å²) in [4.78, 5) is 0. The van der Waals surface area contributed by atoms with Crippen LogP contribution >= 0.6 is 0 Å². The monoisotopic (exact) mass is 280 g/mol. The molecule has 2 rings (SSSR count). The maximum absolute atomic E-state index is 11.7. The summed E-state index contributed by atoms with van der Waals surface area (Å²) in [6.45, 7) is 1.91. The Kier molecular flexibility index (Phi) is 3.59. The molecule has 6 nitrogen and oxygen atoms in total. The Balaban J connectivity index is 2.30. The first kappa shape index (κ1) is 13.6. The molecular weight excluding hydrogens is 264 g/mol. The second-order valence-corrected chi connectivity index (χ2v) is 6.29. The molecule has 0 aliphatic heterocycles. The Labute approximate surface area is 112 Å². The lowest BCUT2D eigenvalue weighted by Crippen LogP contribution is -2.28. The van der Waals surface area contributed by atoms with Crippen LogP contribution in [-0.2, 0) is 10.2 Å². The molecule has 0 spiro atoms. The number of aryl methyl sites for hydroxylation is 1. The summed E-state index contributed by atoms with van der Waals surface area (Å²) in [5.41, 5.74) is 3.09. The molecular formula is C12H16N4O2S. The van der Waals surface area contributed by atoms with E-state index in [9.17, 15) is 8.42 Å². The summed E-state index contributed by atoms with van der Waals surface area (Å²) >= 11 is 0. The van der Waals surface area contributed by atoms with Crippen LogP contribution < -0.4 is 4.72 Å². The van der Waals surface area contributed by atoms with Crippen molar-refractivity contribution in [2.45, 2.75) is 6.92 Å². The molecule has 0 amide bonds. The van der Waals surface area contributed by atoms with Crippen molar-refractivity contribution in [1.29, 1.82) is 0 Å². The SMILES string of the molecule is Cc1cc(-c2cccc(NS(=O)(=O)N(C)C)c2)n[nH]1. The van der Waals surface area contributed by atoms with Crippen molar-refractivity contribution in [3.05, 3.63) is 36.0 Å². The highest BCUT2D eigenvalue weighted by Crippen LogP contribution is 2.22. The minimum atomic E-state index is -3.49. The van der Waals surface area contributed by atoms with Gasteiger partial charge in [0.2, 0.25) is 0 Å². The molecule has 7 heteroatoms. The molecule has 0 radical (unpaired) electrons. The minimum Gasteiger partial charge on any atom is -0.282 e. The maximum Gasteiger partial charge on any atom is 0.301 e. The molecule has 0 saturated heterocycles. The van der Waals surface area contributed by atoms with Crippen LogP contribution in [0.2, 0.25) is 0 Å². The highest BCUT2D eigenvalue weighted by molar-refractivity contribution is 7.90. The van der Waals surface area contributed by atoms with Crippen molar-refractivity contribution in [1.82, 2.24) is 14.5 Å². The van der Waals surface area contributed by atoms with Crippen LogP contribution in [0, 0.1) is 6.92 Å². The maximum atomic E-state index is 11.7. The first-order valence-corrected chi connectivity index (χ1v) is 7.15. The topological polar surface area (TPSA) is 78.1 Å². The third-order valence-corrected chi connectivity index (χ3v) is 4.05. The summed E-state index contributed by atoms with van der Waals surface area (Å²) in [5.74, 6) is 0. The molecule has 102 valence electrons. The quantitative estimate of drug-likeness (QED) is 0.893. The van der Waals surface area contributed by atoms with Gasteiger partial charge in [-0.3, -0.25) is 9.82 Å². The van der Waals surface area contributed by atoms with Crippen LogP contribution in [0.4, 0.5) is 5.69 Å². The van der Waals surface area contributed by atoms with Crippen molar-refractivity contribution in [2.75, 3.05) is 18.8 Å². The smallest absolute Gasteiger partial charge is 0.282 e. The van der Waals surface area contributed by atoms with E-state index in [4.69, 9.17) is 0 Å². The Morgan fingerprint density at radius 3 is 2.58 bits per heavy atom. The molecule has 1 heterocycles. The molecule has 0 aliphatic carbocycles. The average Bonchev–Trinajstić information content (AvgIpc) is 2.75. The molecule has 19 heavy (non-hydrogen) atoms. The van der Waals surface area contributed by atoms with Gasteiger partial charge in [0.15, 0.2) is 0 Å². The van der Waals surface area contributed by atoms with E-state index < -0.39 is 10.2 Å². The van der Waals surface area contributed by atoms with Gasteiger partial charge in [-0.15, -0.1) is 0 Å². The summed E-state index contributed by atoms with van der Waals surface area (Å²) in [6.07, 6.45) is 0. The summed E-state index contributed by atoms with van der Waals surface area (Å²) in [7, 11) is -0.539. The number of nitrogens with one attached hydrogen (secondary N) is 2. The lowest BCUT2D eigenvalue weighted by molar-refractivity contribution is 0.527. The lowest BCUT2D eigenvalue weighted by atomic mass is 10.1. The molecule has 0 aliphatic rings. The van der Waals surface area contributed by atoms with Crippen molar-refractivity contribution in [3.63, 3.8) is 0 Å². The molecule has 0 atom stereocenters. The predicted octanol–water partition coefficient (Wildman–Crippen LogP) is 1.60. The zero-order valence-electron chi connectivity index (χ0n) is 11.0. The predicted molar refractivity (Wildman–Crippen MR) is 75.0 cm³/mol. The number of aromatic nitrogens is 2. The summed E-state index contributed by atoms with van der Waals surface area (Å²) < 4.78 is 27.1. The van der Waals surface area contributed by atoms with Crippen molar-refractivity contribution >= 4 is 15.9 Å². The minimum absolute atomic E-state index is 0.506. The van der Waals surface area contributed by atoms with E-state index in [2.05, 4.69) is 14.9 Å². The standard InChI is InChI=1S/C12H16N4O2S/c1-9-7-12(14-13-9)10-5-4-6-11(8-10)15-19(17,18)16(2)3/h4-8,15H,1-3H3,(H,13,14). The zero-order valence-corrected chi connectivity index (χ0v) is 11.8. The summed E-state index contributed by atoms with van der Waals surface area (Å²) in [6, 6.07) is 9.01. The van der Waals surface area contributed by atoms with Crippen LogP contribution in [0.5, 0.6) is 0 Å². The largest absolute Gasteiger partial charge is 0.301 e. The average molecular weight is 280 g/mol. The van der Waals surface area contributed by atoms with E-state index >= 15 is 0 Å². The molecule has 1 aromatic carbocycles. The van der Waals surface area contributed by atoms with Crippen LogP contribution in [0.25, 0.3) is 11.3 Å². The van der Waals surface area contributed by atoms with E-state index in [1.54, 1.807) is 18.2 Å². The van der Waals surface area contributed by atoms with E-state index in [1.807, 2.05) is 19.1 Å². The number of benzene rings is 1. The van der Waals surface area contributed by atoms with Gasteiger partial charge in [0.25, 0.3) is 0 Å². The third kappa shape index (κ3) is 3.12. The second kappa shape index (κ2) is 5.02. The molecule has 2 N–H and O–H groups in total. The zero-order chi connectivity index (χ0) is 14.0. The first-order valence-electron chi connectivity index (χ1n) is 5.71. The lowest BCUT2D eigenvalue weighted by Gasteiger charge is -2.13. The fraction of sp³-hybridized carbons (Fsp3) is 0.250. The molecule has 0 fully saturated rings. The molecule has 0 bridgehead atoms. The van der Waals surface area contributed by atoms with Crippen molar-refractivity contribution in [2.24, 2.45) is 0 Å². The number of hydrogen-bond acceptors (Lipinski definition) is 3. The normalized spacial score (nSPS) is 11.8. The highest BCUT2D eigenvalue weighted by atomic mass is 32.2. The number of nitrogens with zero attached hydrogens (tertiary/aromatic N) is 2. The van der Waals surface area contributed by atoms with Gasteiger partial charge in [0.1, 0.15) is 0 Å². The number of hydrogen-bond donors (Lipinski definition) is 2. The fourth-order valence-corrected chi connectivity index (χ4v) is 2.16. The molecule has 1 aromatic heterocycles. The van der Waals surface area contributed by atoms with Crippen LogP contribution in [0.3, 0.4) is 0 Å². The number of H-pyrrole nitrogens is 1. The van der Waals surface area contributed by atoms with Crippen LogP contribution in [0.1, 0.15) is 5.69 Å². The number of anilines is 1. The van der Waals surface area contributed by atoms with E-state index in [-0.39, 0.29) is 0 Å². The van der Waals surface area contributed by atoms with Crippen molar-refractivity contribution < 1.29 is 8.42 Å².